The fraction of sp³-hybridized carbons (Fsp3) is 0.308. The Morgan fingerprint density at radius 3 is 2.53 bits per heavy atom. The van der Waals surface area contributed by atoms with E-state index in [1.807, 2.05) is 23.4 Å². The van der Waals surface area contributed by atoms with Gasteiger partial charge in [-0.2, -0.15) is 9.97 Å². The first kappa shape index (κ1) is 20.9. The first-order valence-corrected chi connectivity index (χ1v) is 11.9. The summed E-state index contributed by atoms with van der Waals surface area (Å²) in [4.78, 5) is 23.7. The summed E-state index contributed by atoms with van der Waals surface area (Å²) in [6.07, 6.45) is 2.81. The molecule has 0 radical (unpaired) electrons. The monoisotopic (exact) mass is 455 g/mol. The molecule has 2 aliphatic rings. The molecular weight excluding hydrogens is 426 g/mol. The molecule has 1 atom stereocenters. The van der Waals surface area contributed by atoms with Crippen LogP contribution in [0.1, 0.15) is 18.0 Å². The molecule has 34 heavy (non-hydrogen) atoms. The van der Waals surface area contributed by atoms with E-state index in [4.69, 9.17) is 14.8 Å². The topological polar surface area (TPSA) is 72.6 Å². The normalized spacial score (nSPS) is 19.1. The van der Waals surface area contributed by atoms with Gasteiger partial charge in [-0.15, -0.1) is 0 Å². The Labute approximate surface area is 199 Å². The standard InChI is InChI=1S/C26H29N7O/c1-31-14-16-32(17-15-31)21-9-7-20(8-10-21)28-26-29-24-22(11-13-27-24)25(30-26)33-23(12-18-34-33)19-5-3-2-4-6-19/h2-11,13,23H,12,14-18H2,1H3,(H2,27,28,29,30)/t23-/m0/s1. The highest BCUT2D eigenvalue weighted by Gasteiger charge is 2.31. The number of hydrogen-bond acceptors (Lipinski definition) is 7. The molecule has 0 saturated carbocycles. The van der Waals surface area contributed by atoms with E-state index in [-0.39, 0.29) is 6.04 Å². The molecule has 0 unspecified atom stereocenters. The Hall–Kier alpha value is -3.62. The fourth-order valence-corrected chi connectivity index (χ4v) is 4.75. The number of nitrogens with zero attached hydrogens (tertiary/aromatic N) is 5. The van der Waals surface area contributed by atoms with Crippen molar-refractivity contribution in [2.75, 3.05) is 55.1 Å². The Bertz CT molecular complexity index is 1250. The smallest absolute Gasteiger partial charge is 0.231 e. The first-order chi connectivity index (χ1) is 16.7. The van der Waals surface area contributed by atoms with Crippen LogP contribution in [0.3, 0.4) is 0 Å². The molecule has 2 saturated heterocycles. The summed E-state index contributed by atoms with van der Waals surface area (Å²) in [6.45, 7) is 4.95. The number of H-pyrrole nitrogens is 1. The third-order valence-corrected chi connectivity index (χ3v) is 6.69. The highest BCUT2D eigenvalue weighted by molar-refractivity contribution is 5.88. The first-order valence-electron chi connectivity index (χ1n) is 11.9. The van der Waals surface area contributed by atoms with Crippen LogP contribution in [0.25, 0.3) is 11.0 Å². The van der Waals surface area contributed by atoms with Crippen LogP contribution in [0.15, 0.2) is 66.9 Å². The van der Waals surface area contributed by atoms with Gasteiger partial charge in [0.25, 0.3) is 0 Å². The van der Waals surface area contributed by atoms with Crippen molar-refractivity contribution in [3.63, 3.8) is 0 Å². The van der Waals surface area contributed by atoms with Gasteiger partial charge in [0.1, 0.15) is 5.65 Å². The summed E-state index contributed by atoms with van der Waals surface area (Å²) in [6, 6.07) is 21.1. The van der Waals surface area contributed by atoms with Crippen LogP contribution >= 0.6 is 0 Å². The molecule has 0 aliphatic carbocycles. The van der Waals surface area contributed by atoms with Gasteiger partial charge in [0, 0.05) is 50.2 Å². The predicted molar refractivity (Wildman–Crippen MR) is 136 cm³/mol. The molecule has 2 aromatic heterocycles. The zero-order valence-corrected chi connectivity index (χ0v) is 19.3. The second-order valence-corrected chi connectivity index (χ2v) is 8.95. The molecule has 4 aromatic rings. The number of aromatic nitrogens is 3. The van der Waals surface area contributed by atoms with Crippen LogP contribution in [0.4, 0.5) is 23.1 Å². The van der Waals surface area contributed by atoms with Crippen molar-refractivity contribution in [3.05, 3.63) is 72.4 Å². The average molecular weight is 456 g/mol. The summed E-state index contributed by atoms with van der Waals surface area (Å²) in [5, 5.41) is 6.27. The molecule has 2 aliphatic heterocycles. The molecular formula is C26H29N7O. The Balaban J connectivity index is 1.27. The molecule has 2 fully saturated rings. The third-order valence-electron chi connectivity index (χ3n) is 6.69. The number of piperazine rings is 1. The lowest BCUT2D eigenvalue weighted by atomic mass is 10.0. The largest absolute Gasteiger partial charge is 0.369 e. The number of rotatable bonds is 5. The van der Waals surface area contributed by atoms with Gasteiger partial charge >= 0.3 is 0 Å². The van der Waals surface area contributed by atoms with Crippen molar-refractivity contribution in [1.82, 2.24) is 19.9 Å². The number of nitrogens with one attached hydrogen (secondary N) is 2. The maximum Gasteiger partial charge on any atom is 0.231 e. The predicted octanol–water partition coefficient (Wildman–Crippen LogP) is 4.34. The number of aromatic amines is 1. The minimum atomic E-state index is 0.116. The van der Waals surface area contributed by atoms with Crippen LogP contribution < -0.4 is 15.3 Å². The van der Waals surface area contributed by atoms with Gasteiger partial charge < -0.3 is 20.1 Å². The van der Waals surface area contributed by atoms with Crippen molar-refractivity contribution in [3.8, 4) is 0 Å². The highest BCUT2D eigenvalue weighted by atomic mass is 16.7. The van der Waals surface area contributed by atoms with E-state index >= 15 is 0 Å². The van der Waals surface area contributed by atoms with Crippen LogP contribution in [0.5, 0.6) is 0 Å². The van der Waals surface area contributed by atoms with Crippen molar-refractivity contribution in [2.45, 2.75) is 12.5 Å². The summed E-state index contributed by atoms with van der Waals surface area (Å²) in [5.41, 5.74) is 4.20. The summed E-state index contributed by atoms with van der Waals surface area (Å²) in [7, 11) is 2.18. The maximum absolute atomic E-state index is 6.07. The molecule has 6 rings (SSSR count). The van der Waals surface area contributed by atoms with Crippen LogP contribution in [0.2, 0.25) is 0 Å². The van der Waals surface area contributed by atoms with Crippen LogP contribution in [-0.2, 0) is 4.84 Å². The van der Waals surface area contributed by atoms with Gasteiger partial charge in [-0.1, -0.05) is 30.3 Å². The second-order valence-electron chi connectivity index (χ2n) is 8.95. The zero-order valence-electron chi connectivity index (χ0n) is 19.3. The van der Waals surface area contributed by atoms with Gasteiger partial charge in [-0.05, 0) is 42.9 Å². The fourth-order valence-electron chi connectivity index (χ4n) is 4.75. The number of anilines is 4. The summed E-state index contributed by atoms with van der Waals surface area (Å²) in [5.74, 6) is 1.31. The SMILES string of the molecule is CN1CCN(c2ccc(Nc3nc(N4OCC[C@H]4c4ccccc4)c4cc[nH]c4n3)cc2)CC1. The quantitative estimate of drug-likeness (QED) is 0.464. The van der Waals surface area contributed by atoms with Gasteiger partial charge in [-0.25, -0.2) is 5.06 Å². The minimum Gasteiger partial charge on any atom is -0.369 e. The van der Waals surface area contributed by atoms with Gasteiger partial charge in [-0.3, -0.25) is 4.84 Å². The Morgan fingerprint density at radius 1 is 0.941 bits per heavy atom. The zero-order chi connectivity index (χ0) is 22.9. The molecule has 2 aromatic carbocycles. The number of likely N-dealkylation sites (N-methyl/N-ethyl adjacent to an activating group) is 1. The average Bonchev–Trinajstić information content (AvgIpc) is 3.55. The third kappa shape index (κ3) is 4.06. The molecule has 0 spiro atoms. The molecule has 174 valence electrons. The lowest BCUT2D eigenvalue weighted by Gasteiger charge is -2.34. The van der Waals surface area contributed by atoms with Gasteiger partial charge in [0.05, 0.1) is 18.0 Å². The van der Waals surface area contributed by atoms with E-state index in [9.17, 15) is 0 Å². The maximum atomic E-state index is 6.07. The van der Waals surface area contributed by atoms with E-state index in [0.29, 0.717) is 12.6 Å². The van der Waals surface area contributed by atoms with E-state index in [0.717, 1.165) is 55.1 Å². The van der Waals surface area contributed by atoms with Crippen molar-refractivity contribution < 1.29 is 4.84 Å². The van der Waals surface area contributed by atoms with E-state index in [2.05, 4.69) is 75.7 Å². The lowest BCUT2D eigenvalue weighted by Crippen LogP contribution is -2.44. The van der Waals surface area contributed by atoms with Gasteiger partial charge in [0.2, 0.25) is 5.95 Å². The molecule has 4 heterocycles. The van der Waals surface area contributed by atoms with Crippen molar-refractivity contribution in [1.29, 1.82) is 0 Å². The Kier molecular flexibility index (Phi) is 5.52. The highest BCUT2D eigenvalue weighted by Crippen LogP contribution is 2.37. The van der Waals surface area contributed by atoms with Crippen molar-refractivity contribution in [2.24, 2.45) is 0 Å². The van der Waals surface area contributed by atoms with E-state index in [1.165, 1.54) is 11.3 Å². The number of hydroxylamine groups is 1. The van der Waals surface area contributed by atoms with E-state index in [1.54, 1.807) is 0 Å². The summed E-state index contributed by atoms with van der Waals surface area (Å²) < 4.78 is 0. The number of hydrogen-bond donors (Lipinski definition) is 2. The van der Waals surface area contributed by atoms with Crippen LogP contribution in [-0.4, -0.2) is 59.7 Å². The summed E-state index contributed by atoms with van der Waals surface area (Å²) >= 11 is 0. The second kappa shape index (κ2) is 8.96. The molecule has 8 nitrogen and oxygen atoms in total. The number of benzene rings is 2. The Morgan fingerprint density at radius 2 is 1.74 bits per heavy atom. The van der Waals surface area contributed by atoms with Crippen LogP contribution in [0, 0.1) is 0 Å². The molecule has 2 N–H and O–H groups in total. The lowest BCUT2D eigenvalue weighted by molar-refractivity contribution is 0.157. The van der Waals surface area contributed by atoms with Crippen molar-refractivity contribution >= 4 is 34.2 Å². The molecule has 0 bridgehead atoms. The number of fused-ring (bicyclic) bond motifs is 1. The molecule has 0 amide bonds. The minimum absolute atomic E-state index is 0.116. The van der Waals surface area contributed by atoms with Gasteiger partial charge in [0.15, 0.2) is 5.82 Å². The van der Waals surface area contributed by atoms with E-state index < -0.39 is 0 Å². The molecule has 8 heteroatoms.